The summed E-state index contributed by atoms with van der Waals surface area (Å²) in [6, 6.07) is 18.7. The molecule has 4 rings (SSSR count). The maximum atomic E-state index is 5.50. The van der Waals surface area contributed by atoms with Crippen LogP contribution in [0.4, 0.5) is 0 Å². The predicted octanol–water partition coefficient (Wildman–Crippen LogP) is 5.29. The zero-order valence-corrected chi connectivity index (χ0v) is 16.3. The zero-order valence-electron chi connectivity index (χ0n) is 16.3. The molecule has 1 aliphatic rings. The quantitative estimate of drug-likeness (QED) is 0.626. The van der Waals surface area contributed by atoms with E-state index in [1.165, 1.54) is 10.8 Å². The van der Waals surface area contributed by atoms with Crippen LogP contribution in [0.1, 0.15) is 23.6 Å². The molecule has 0 saturated heterocycles. The number of rotatable bonds is 4. The number of hydrogen-bond donors (Lipinski definition) is 0. The molecule has 0 saturated carbocycles. The Morgan fingerprint density at radius 2 is 1.61 bits per heavy atom. The molecule has 0 N–H and O–H groups in total. The van der Waals surface area contributed by atoms with Gasteiger partial charge in [-0.1, -0.05) is 48.5 Å². The van der Waals surface area contributed by atoms with E-state index in [1.807, 2.05) is 25.1 Å². The first-order valence-electron chi connectivity index (χ1n) is 9.22. The van der Waals surface area contributed by atoms with Gasteiger partial charge in [0.25, 0.3) is 0 Å². The van der Waals surface area contributed by atoms with Crippen LogP contribution in [-0.4, -0.2) is 25.6 Å². The molecular weight excluding hydrogens is 348 g/mol. The third-order valence-corrected chi connectivity index (χ3v) is 4.90. The van der Waals surface area contributed by atoms with Crippen LogP contribution >= 0.6 is 0 Å². The van der Waals surface area contributed by atoms with Gasteiger partial charge in [-0.15, -0.1) is 0 Å². The SMILES string of the molecule is COc1cc2c(cc1OC)C(/C=C/c1cccc3ccccc13)=NN=C(C)C2. The fourth-order valence-corrected chi connectivity index (χ4v) is 3.50. The fraction of sp³-hybridized carbons (Fsp3) is 0.167. The molecule has 0 atom stereocenters. The predicted molar refractivity (Wildman–Crippen MR) is 116 cm³/mol. The van der Waals surface area contributed by atoms with Crippen molar-refractivity contribution < 1.29 is 9.47 Å². The van der Waals surface area contributed by atoms with E-state index in [1.54, 1.807) is 14.2 Å². The van der Waals surface area contributed by atoms with Gasteiger partial charge in [0.05, 0.1) is 19.9 Å². The van der Waals surface area contributed by atoms with Gasteiger partial charge < -0.3 is 9.47 Å². The summed E-state index contributed by atoms with van der Waals surface area (Å²) >= 11 is 0. The molecule has 0 unspecified atom stereocenters. The lowest BCUT2D eigenvalue weighted by molar-refractivity contribution is 0.354. The van der Waals surface area contributed by atoms with Crippen LogP contribution in [0.25, 0.3) is 16.8 Å². The van der Waals surface area contributed by atoms with Crippen molar-refractivity contribution in [1.29, 1.82) is 0 Å². The van der Waals surface area contributed by atoms with Gasteiger partial charge >= 0.3 is 0 Å². The van der Waals surface area contributed by atoms with Gasteiger partial charge in [-0.3, -0.25) is 0 Å². The maximum absolute atomic E-state index is 5.50. The summed E-state index contributed by atoms with van der Waals surface area (Å²) in [6.07, 6.45) is 4.84. The highest BCUT2D eigenvalue weighted by atomic mass is 16.5. The summed E-state index contributed by atoms with van der Waals surface area (Å²) in [5, 5.41) is 11.3. The summed E-state index contributed by atoms with van der Waals surface area (Å²) in [5.74, 6) is 1.40. The molecule has 4 nitrogen and oxygen atoms in total. The Morgan fingerprint density at radius 3 is 2.43 bits per heavy atom. The van der Waals surface area contributed by atoms with Crippen molar-refractivity contribution in [3.8, 4) is 11.5 Å². The molecule has 0 radical (unpaired) electrons. The highest BCUT2D eigenvalue weighted by Gasteiger charge is 2.17. The minimum absolute atomic E-state index is 0.687. The monoisotopic (exact) mass is 370 g/mol. The van der Waals surface area contributed by atoms with Gasteiger partial charge in [-0.25, -0.2) is 0 Å². The van der Waals surface area contributed by atoms with Gasteiger partial charge in [-0.05, 0) is 47.0 Å². The number of methoxy groups -OCH3 is 2. The van der Waals surface area contributed by atoms with Crippen LogP contribution in [0.3, 0.4) is 0 Å². The number of benzene rings is 3. The van der Waals surface area contributed by atoms with Crippen molar-refractivity contribution in [3.05, 3.63) is 77.4 Å². The van der Waals surface area contributed by atoms with E-state index in [9.17, 15) is 0 Å². The molecule has 3 aromatic rings. The Bertz CT molecular complexity index is 1120. The fourth-order valence-electron chi connectivity index (χ4n) is 3.50. The van der Waals surface area contributed by atoms with Crippen LogP contribution in [0.5, 0.6) is 11.5 Å². The van der Waals surface area contributed by atoms with Crippen LogP contribution in [0.2, 0.25) is 0 Å². The minimum atomic E-state index is 0.687. The zero-order chi connectivity index (χ0) is 19.5. The van der Waals surface area contributed by atoms with Crippen LogP contribution < -0.4 is 9.47 Å². The van der Waals surface area contributed by atoms with Crippen molar-refractivity contribution in [1.82, 2.24) is 0 Å². The Kier molecular flexibility index (Phi) is 4.94. The smallest absolute Gasteiger partial charge is 0.161 e. The van der Waals surface area contributed by atoms with E-state index < -0.39 is 0 Å². The normalized spacial score (nSPS) is 13.7. The molecule has 1 heterocycles. The first-order chi connectivity index (χ1) is 13.7. The van der Waals surface area contributed by atoms with Crippen molar-refractivity contribution in [2.45, 2.75) is 13.3 Å². The van der Waals surface area contributed by atoms with Gasteiger partial charge in [0.15, 0.2) is 11.5 Å². The lowest BCUT2D eigenvalue weighted by atomic mass is 9.97. The Morgan fingerprint density at radius 1 is 0.857 bits per heavy atom. The third kappa shape index (κ3) is 3.41. The van der Waals surface area contributed by atoms with Gasteiger partial charge in [0.2, 0.25) is 0 Å². The first-order valence-corrected chi connectivity index (χ1v) is 9.22. The molecule has 0 amide bonds. The van der Waals surface area contributed by atoms with Crippen LogP contribution in [0.15, 0.2) is 70.9 Å². The Hall–Kier alpha value is -3.40. The molecule has 0 fully saturated rings. The topological polar surface area (TPSA) is 43.2 Å². The lowest BCUT2D eigenvalue weighted by Gasteiger charge is -2.13. The third-order valence-electron chi connectivity index (χ3n) is 4.90. The van der Waals surface area contributed by atoms with E-state index in [0.29, 0.717) is 11.5 Å². The second-order valence-electron chi connectivity index (χ2n) is 6.76. The van der Waals surface area contributed by atoms with E-state index in [0.717, 1.165) is 34.5 Å². The number of ether oxygens (including phenoxy) is 2. The molecule has 28 heavy (non-hydrogen) atoms. The molecule has 0 aromatic heterocycles. The summed E-state index contributed by atoms with van der Waals surface area (Å²) in [5.41, 5.74) is 5.04. The highest BCUT2D eigenvalue weighted by molar-refractivity contribution is 6.14. The molecule has 1 aliphatic heterocycles. The molecule has 0 bridgehead atoms. The Balaban J connectivity index is 1.80. The van der Waals surface area contributed by atoms with E-state index in [4.69, 9.17) is 9.47 Å². The van der Waals surface area contributed by atoms with Crippen molar-refractivity contribution in [2.24, 2.45) is 10.2 Å². The highest BCUT2D eigenvalue weighted by Crippen LogP contribution is 2.32. The van der Waals surface area contributed by atoms with E-state index in [-0.39, 0.29) is 0 Å². The molecule has 140 valence electrons. The number of nitrogens with zero attached hydrogens (tertiary/aromatic N) is 2. The largest absolute Gasteiger partial charge is 0.493 e. The van der Waals surface area contributed by atoms with Gasteiger partial charge in [0, 0.05) is 17.7 Å². The number of allylic oxidation sites excluding steroid dienone is 1. The average Bonchev–Trinajstić information content (AvgIpc) is 2.88. The minimum Gasteiger partial charge on any atom is -0.493 e. The molecule has 4 heteroatoms. The number of hydrogen-bond acceptors (Lipinski definition) is 4. The number of fused-ring (bicyclic) bond motifs is 2. The van der Waals surface area contributed by atoms with Gasteiger partial charge in [-0.2, -0.15) is 10.2 Å². The summed E-state index contributed by atoms with van der Waals surface area (Å²) < 4.78 is 11.0. The lowest BCUT2D eigenvalue weighted by Crippen LogP contribution is -2.05. The second-order valence-corrected chi connectivity index (χ2v) is 6.76. The maximum Gasteiger partial charge on any atom is 0.161 e. The van der Waals surface area contributed by atoms with Crippen LogP contribution in [-0.2, 0) is 6.42 Å². The summed E-state index contributed by atoms with van der Waals surface area (Å²) in [7, 11) is 3.29. The standard InChI is InChI=1S/C24H22N2O2/c1-16-13-19-14-23(27-2)24(28-3)15-21(19)22(26-25-16)12-11-18-9-6-8-17-7-4-5-10-20(17)18/h4-12,14-15H,13H2,1-3H3/b12-11+. The van der Waals surface area contributed by atoms with E-state index >= 15 is 0 Å². The second kappa shape index (κ2) is 7.69. The average molecular weight is 370 g/mol. The van der Waals surface area contributed by atoms with Gasteiger partial charge in [0.1, 0.15) is 0 Å². The molecular formula is C24H22N2O2. The summed E-state index contributed by atoms with van der Waals surface area (Å²) in [6.45, 7) is 1.99. The first kappa shape index (κ1) is 18.0. The van der Waals surface area contributed by atoms with Crippen molar-refractivity contribution in [2.75, 3.05) is 14.2 Å². The molecule has 0 aliphatic carbocycles. The van der Waals surface area contributed by atoms with Crippen molar-refractivity contribution in [3.63, 3.8) is 0 Å². The van der Waals surface area contributed by atoms with Crippen molar-refractivity contribution >= 4 is 28.3 Å². The summed E-state index contributed by atoms with van der Waals surface area (Å²) in [4.78, 5) is 0. The van der Waals surface area contributed by atoms with Crippen LogP contribution in [0, 0.1) is 0 Å². The molecule has 0 spiro atoms. The molecule has 3 aromatic carbocycles. The Labute approximate surface area is 164 Å². The van der Waals surface area contributed by atoms with E-state index in [2.05, 4.69) is 58.7 Å².